The van der Waals surface area contributed by atoms with Crippen LogP contribution >= 0.6 is 24.0 Å². The molecule has 1 unspecified atom stereocenters. The number of nitrogens with zero attached hydrogens (tertiary/aromatic N) is 1. The number of carbonyl (C=O) groups excluding carboxylic acids is 2. The fourth-order valence-corrected chi connectivity index (χ4v) is 2.39. The van der Waals surface area contributed by atoms with Crippen molar-refractivity contribution in [2.75, 3.05) is 18.4 Å². The highest BCUT2D eigenvalue weighted by Gasteiger charge is 2.17. The Morgan fingerprint density at radius 3 is 2.35 bits per heavy atom. The van der Waals surface area contributed by atoms with Gasteiger partial charge in [-0.1, -0.05) is 24.9 Å². The molecule has 7 heteroatoms. The van der Waals surface area contributed by atoms with Gasteiger partial charge in [-0.3, -0.25) is 9.59 Å². The normalized spacial score (nSPS) is 11.3. The second-order valence-corrected chi connectivity index (χ2v) is 5.46. The zero-order chi connectivity index (χ0) is 16.7. The van der Waals surface area contributed by atoms with E-state index in [2.05, 4.69) is 5.32 Å². The highest BCUT2D eigenvalue weighted by molar-refractivity contribution is 6.34. The van der Waals surface area contributed by atoms with E-state index in [9.17, 15) is 9.59 Å². The van der Waals surface area contributed by atoms with E-state index in [0.717, 1.165) is 6.42 Å². The molecule has 0 heterocycles. The Balaban J connectivity index is 0.00000484. The van der Waals surface area contributed by atoms with E-state index in [1.165, 1.54) is 0 Å². The summed E-state index contributed by atoms with van der Waals surface area (Å²) in [6.45, 7) is 7.04. The maximum absolute atomic E-state index is 12.3. The van der Waals surface area contributed by atoms with Crippen LogP contribution in [0.2, 0.25) is 5.02 Å². The molecule has 0 saturated heterocycles. The summed E-state index contributed by atoms with van der Waals surface area (Å²) in [5, 5.41) is 3.04. The van der Waals surface area contributed by atoms with Gasteiger partial charge in [-0.15, -0.1) is 12.4 Å². The fourth-order valence-electron chi connectivity index (χ4n) is 2.12. The van der Waals surface area contributed by atoms with Crippen molar-refractivity contribution in [1.29, 1.82) is 0 Å². The highest BCUT2D eigenvalue weighted by Crippen LogP contribution is 2.22. The van der Waals surface area contributed by atoms with E-state index in [1.807, 2.05) is 20.8 Å². The smallest absolute Gasteiger partial charge is 0.255 e. The van der Waals surface area contributed by atoms with Crippen LogP contribution in [-0.2, 0) is 4.79 Å². The van der Waals surface area contributed by atoms with Crippen LogP contribution in [0.5, 0.6) is 0 Å². The van der Waals surface area contributed by atoms with Crippen molar-refractivity contribution >= 4 is 41.5 Å². The van der Waals surface area contributed by atoms with Crippen molar-refractivity contribution < 1.29 is 9.59 Å². The summed E-state index contributed by atoms with van der Waals surface area (Å²) in [6.07, 6.45) is 1.46. The standard InChI is InChI=1S/C16H24ClN3O2.ClH/c1-4-7-14(18)15(21)19-11-8-9-12(13(17)10-11)16(22)20(5-2)6-3;/h8-10,14H,4-7,18H2,1-3H3,(H,19,21);1H. The van der Waals surface area contributed by atoms with Crippen molar-refractivity contribution in [1.82, 2.24) is 4.90 Å². The third-order valence-electron chi connectivity index (χ3n) is 3.45. The third-order valence-corrected chi connectivity index (χ3v) is 3.77. The average molecular weight is 362 g/mol. The van der Waals surface area contributed by atoms with Crippen LogP contribution < -0.4 is 11.1 Å². The van der Waals surface area contributed by atoms with Gasteiger partial charge in [0.05, 0.1) is 16.6 Å². The molecule has 0 radical (unpaired) electrons. The van der Waals surface area contributed by atoms with Crippen molar-refractivity contribution in [3.63, 3.8) is 0 Å². The second kappa shape index (κ2) is 10.5. The van der Waals surface area contributed by atoms with E-state index in [-0.39, 0.29) is 24.2 Å². The molecule has 0 fully saturated rings. The number of carbonyl (C=O) groups is 2. The van der Waals surface area contributed by atoms with Gasteiger partial charge in [0.15, 0.2) is 0 Å². The lowest BCUT2D eigenvalue weighted by Crippen LogP contribution is -2.35. The molecule has 0 aliphatic carbocycles. The van der Waals surface area contributed by atoms with Gasteiger partial charge in [-0.05, 0) is 38.5 Å². The lowest BCUT2D eigenvalue weighted by Gasteiger charge is -2.19. The summed E-state index contributed by atoms with van der Waals surface area (Å²) in [4.78, 5) is 25.9. The minimum absolute atomic E-state index is 0. The Hall–Kier alpha value is -1.30. The molecule has 5 nitrogen and oxygen atoms in total. The molecule has 130 valence electrons. The van der Waals surface area contributed by atoms with Crippen LogP contribution in [0.3, 0.4) is 0 Å². The van der Waals surface area contributed by atoms with Crippen LogP contribution in [0.4, 0.5) is 5.69 Å². The number of hydrogen-bond acceptors (Lipinski definition) is 3. The lowest BCUT2D eigenvalue weighted by atomic mass is 10.1. The van der Waals surface area contributed by atoms with Gasteiger partial charge >= 0.3 is 0 Å². The van der Waals surface area contributed by atoms with Crippen LogP contribution in [0.1, 0.15) is 44.0 Å². The van der Waals surface area contributed by atoms with Crippen LogP contribution in [0, 0.1) is 0 Å². The molecule has 1 atom stereocenters. The van der Waals surface area contributed by atoms with Gasteiger partial charge < -0.3 is 16.0 Å². The summed E-state index contributed by atoms with van der Waals surface area (Å²) in [6, 6.07) is 4.33. The minimum atomic E-state index is -0.541. The highest BCUT2D eigenvalue weighted by atomic mass is 35.5. The molecule has 3 N–H and O–H groups in total. The molecular weight excluding hydrogens is 337 g/mol. The summed E-state index contributed by atoms with van der Waals surface area (Å²) in [5.41, 5.74) is 6.73. The van der Waals surface area contributed by atoms with Gasteiger partial charge in [0, 0.05) is 18.8 Å². The molecule has 0 aliphatic rings. The van der Waals surface area contributed by atoms with Gasteiger partial charge in [0.25, 0.3) is 5.91 Å². The Morgan fingerprint density at radius 2 is 1.87 bits per heavy atom. The molecule has 1 aromatic carbocycles. The van der Waals surface area contributed by atoms with E-state index < -0.39 is 6.04 Å². The van der Waals surface area contributed by atoms with Crippen molar-refractivity contribution in [2.45, 2.75) is 39.7 Å². The quantitative estimate of drug-likeness (QED) is 0.781. The second-order valence-electron chi connectivity index (χ2n) is 5.06. The first-order valence-corrected chi connectivity index (χ1v) is 7.97. The number of rotatable bonds is 7. The molecule has 0 bridgehead atoms. The van der Waals surface area contributed by atoms with Gasteiger partial charge in [0.1, 0.15) is 0 Å². The molecule has 1 aromatic rings. The molecule has 0 aromatic heterocycles. The summed E-state index contributed by atoms with van der Waals surface area (Å²) >= 11 is 6.18. The van der Waals surface area contributed by atoms with Gasteiger partial charge in [-0.25, -0.2) is 0 Å². The molecule has 0 spiro atoms. The lowest BCUT2D eigenvalue weighted by molar-refractivity contribution is -0.117. The van der Waals surface area contributed by atoms with Crippen LogP contribution in [0.15, 0.2) is 18.2 Å². The minimum Gasteiger partial charge on any atom is -0.339 e. The molecule has 0 aliphatic heterocycles. The Kier molecular flexibility index (Phi) is 9.88. The van der Waals surface area contributed by atoms with Gasteiger partial charge in [0.2, 0.25) is 5.91 Å². The predicted octanol–water partition coefficient (Wildman–Crippen LogP) is 3.31. The van der Waals surface area contributed by atoms with E-state index >= 15 is 0 Å². The van der Waals surface area contributed by atoms with Crippen molar-refractivity contribution in [3.05, 3.63) is 28.8 Å². The predicted molar refractivity (Wildman–Crippen MR) is 97.5 cm³/mol. The Bertz CT molecular complexity index is 534. The summed E-state index contributed by atoms with van der Waals surface area (Å²) < 4.78 is 0. The molecule has 23 heavy (non-hydrogen) atoms. The van der Waals surface area contributed by atoms with Gasteiger partial charge in [-0.2, -0.15) is 0 Å². The molecule has 0 saturated carbocycles. The number of benzene rings is 1. The van der Waals surface area contributed by atoms with Crippen LogP contribution in [-0.4, -0.2) is 35.8 Å². The number of nitrogens with two attached hydrogens (primary N) is 1. The topological polar surface area (TPSA) is 75.4 Å². The van der Waals surface area contributed by atoms with E-state index in [1.54, 1.807) is 23.1 Å². The zero-order valence-electron chi connectivity index (χ0n) is 13.8. The number of nitrogens with one attached hydrogen (secondary N) is 1. The fraction of sp³-hybridized carbons (Fsp3) is 0.500. The maximum Gasteiger partial charge on any atom is 0.255 e. The number of halogens is 2. The average Bonchev–Trinajstić information content (AvgIpc) is 2.48. The summed E-state index contributed by atoms with van der Waals surface area (Å²) in [5.74, 6) is -0.365. The monoisotopic (exact) mass is 361 g/mol. The zero-order valence-corrected chi connectivity index (χ0v) is 15.3. The number of anilines is 1. The molecule has 1 rings (SSSR count). The Morgan fingerprint density at radius 1 is 1.26 bits per heavy atom. The molecular formula is C16H25Cl2N3O2. The number of hydrogen-bond donors (Lipinski definition) is 2. The first-order chi connectivity index (χ1) is 10.4. The first-order valence-electron chi connectivity index (χ1n) is 7.59. The number of amides is 2. The first kappa shape index (κ1) is 21.7. The maximum atomic E-state index is 12.3. The SMILES string of the molecule is CCCC(N)C(=O)Nc1ccc(C(=O)N(CC)CC)c(Cl)c1.Cl. The van der Waals surface area contributed by atoms with Crippen molar-refractivity contribution in [2.24, 2.45) is 5.73 Å². The largest absolute Gasteiger partial charge is 0.339 e. The third kappa shape index (κ3) is 6.01. The Labute approximate surface area is 149 Å². The summed E-state index contributed by atoms with van der Waals surface area (Å²) in [7, 11) is 0. The molecule has 2 amide bonds. The van der Waals surface area contributed by atoms with E-state index in [4.69, 9.17) is 17.3 Å². The van der Waals surface area contributed by atoms with Crippen molar-refractivity contribution in [3.8, 4) is 0 Å². The van der Waals surface area contributed by atoms with E-state index in [0.29, 0.717) is 35.8 Å². The van der Waals surface area contributed by atoms with Crippen LogP contribution in [0.25, 0.3) is 0 Å².